The van der Waals surface area contributed by atoms with Gasteiger partial charge < -0.3 is 11.1 Å². The van der Waals surface area contributed by atoms with Gasteiger partial charge in [0.1, 0.15) is 0 Å². The fraction of sp³-hybridized carbons (Fsp3) is 0.250. The molecule has 0 spiro atoms. The van der Waals surface area contributed by atoms with E-state index in [0.717, 1.165) is 16.6 Å². The maximum absolute atomic E-state index is 11.2. The third-order valence-electron chi connectivity index (χ3n) is 1.40. The molecule has 0 atom stereocenters. The van der Waals surface area contributed by atoms with Gasteiger partial charge in [-0.2, -0.15) is 0 Å². The molecule has 0 aliphatic carbocycles. The summed E-state index contributed by atoms with van der Waals surface area (Å²) in [6.07, 6.45) is 0. The summed E-state index contributed by atoms with van der Waals surface area (Å²) in [6, 6.07) is 3.90. The first-order chi connectivity index (χ1) is 6.68. The molecule has 0 aliphatic heterocycles. The summed E-state index contributed by atoms with van der Waals surface area (Å²) in [5.41, 5.74) is 5.10. The van der Waals surface area contributed by atoms with Crippen molar-refractivity contribution in [3.63, 3.8) is 0 Å². The molecule has 6 heteroatoms. The van der Waals surface area contributed by atoms with Gasteiger partial charge in [-0.25, -0.2) is 0 Å². The molecular weight excluding hydrogens is 218 g/mol. The van der Waals surface area contributed by atoms with E-state index in [1.54, 1.807) is 11.3 Å². The summed E-state index contributed by atoms with van der Waals surface area (Å²) >= 11 is 2.63. The highest BCUT2D eigenvalue weighted by molar-refractivity contribution is 8.14. The van der Waals surface area contributed by atoms with Gasteiger partial charge in [0.2, 0.25) is 5.91 Å². The molecule has 0 aromatic carbocycles. The van der Waals surface area contributed by atoms with E-state index in [-0.39, 0.29) is 16.8 Å². The average Bonchev–Trinajstić information content (AvgIpc) is 2.63. The molecule has 0 saturated carbocycles. The quantitative estimate of drug-likeness (QED) is 0.532. The van der Waals surface area contributed by atoms with Crippen molar-refractivity contribution in [3.05, 3.63) is 22.4 Å². The van der Waals surface area contributed by atoms with E-state index in [1.165, 1.54) is 0 Å². The molecule has 76 valence electrons. The number of thioether (sulfide) groups is 1. The van der Waals surface area contributed by atoms with Crippen LogP contribution in [-0.4, -0.2) is 16.8 Å². The number of amidine groups is 1. The smallest absolute Gasteiger partial charge is 0.230 e. The second kappa shape index (κ2) is 5.66. The van der Waals surface area contributed by atoms with Crippen LogP contribution in [0.25, 0.3) is 0 Å². The number of rotatable bonds is 4. The first-order valence-corrected chi connectivity index (χ1v) is 5.81. The number of hydrogen-bond acceptors (Lipinski definition) is 4. The van der Waals surface area contributed by atoms with Crippen molar-refractivity contribution in [1.82, 2.24) is 5.32 Å². The van der Waals surface area contributed by atoms with E-state index >= 15 is 0 Å². The van der Waals surface area contributed by atoms with E-state index in [0.29, 0.717) is 6.54 Å². The lowest BCUT2D eigenvalue weighted by molar-refractivity contribution is -0.118. The van der Waals surface area contributed by atoms with Gasteiger partial charge in [0.15, 0.2) is 5.17 Å². The van der Waals surface area contributed by atoms with Gasteiger partial charge in [-0.15, -0.1) is 11.3 Å². The summed E-state index contributed by atoms with van der Waals surface area (Å²) in [5, 5.41) is 11.6. The third-order valence-corrected chi connectivity index (χ3v) is 2.99. The number of thiophene rings is 1. The minimum Gasteiger partial charge on any atom is -0.379 e. The lowest BCUT2D eigenvalue weighted by atomic mass is 10.4. The van der Waals surface area contributed by atoms with Crippen molar-refractivity contribution in [1.29, 1.82) is 5.41 Å². The Balaban J connectivity index is 2.18. The Labute approximate surface area is 90.4 Å². The average molecular weight is 229 g/mol. The van der Waals surface area contributed by atoms with E-state index < -0.39 is 0 Å². The predicted octanol–water partition coefficient (Wildman–Crippen LogP) is 0.991. The Morgan fingerprint density at radius 2 is 2.50 bits per heavy atom. The molecule has 0 aliphatic rings. The topological polar surface area (TPSA) is 79.0 Å². The van der Waals surface area contributed by atoms with Crippen molar-refractivity contribution < 1.29 is 4.79 Å². The zero-order valence-corrected chi connectivity index (χ0v) is 9.08. The van der Waals surface area contributed by atoms with Crippen LogP contribution in [0, 0.1) is 5.41 Å². The number of hydrogen-bond donors (Lipinski definition) is 3. The fourth-order valence-corrected chi connectivity index (χ4v) is 1.83. The Hall–Kier alpha value is -1.01. The first-order valence-electron chi connectivity index (χ1n) is 3.94. The molecule has 4 N–H and O–H groups in total. The molecule has 0 fully saturated rings. The third kappa shape index (κ3) is 4.29. The monoisotopic (exact) mass is 229 g/mol. The lowest BCUT2D eigenvalue weighted by Gasteiger charge is -2.01. The zero-order chi connectivity index (χ0) is 10.4. The minimum atomic E-state index is -0.0985. The van der Waals surface area contributed by atoms with Crippen molar-refractivity contribution in [2.24, 2.45) is 5.73 Å². The van der Waals surface area contributed by atoms with E-state index in [9.17, 15) is 4.79 Å². The molecule has 0 radical (unpaired) electrons. The van der Waals surface area contributed by atoms with Crippen LogP contribution in [0.1, 0.15) is 4.88 Å². The van der Waals surface area contributed by atoms with Crippen LogP contribution in [-0.2, 0) is 11.3 Å². The Morgan fingerprint density at radius 1 is 1.71 bits per heavy atom. The van der Waals surface area contributed by atoms with Crippen LogP contribution in [0.5, 0.6) is 0 Å². The highest BCUT2D eigenvalue weighted by Crippen LogP contribution is 2.07. The van der Waals surface area contributed by atoms with Gasteiger partial charge in [0, 0.05) is 4.88 Å². The molecule has 1 amide bonds. The number of nitrogens with two attached hydrogens (primary N) is 1. The van der Waals surface area contributed by atoms with Gasteiger partial charge in [-0.3, -0.25) is 10.2 Å². The van der Waals surface area contributed by atoms with Gasteiger partial charge in [0.05, 0.1) is 12.3 Å². The summed E-state index contributed by atoms with van der Waals surface area (Å²) in [7, 11) is 0. The molecule has 0 bridgehead atoms. The Morgan fingerprint density at radius 3 is 3.07 bits per heavy atom. The van der Waals surface area contributed by atoms with Gasteiger partial charge in [0.25, 0.3) is 0 Å². The lowest BCUT2D eigenvalue weighted by Crippen LogP contribution is -2.25. The summed E-state index contributed by atoms with van der Waals surface area (Å²) in [6.45, 7) is 0.551. The second-order valence-corrected chi connectivity index (χ2v) is 4.56. The van der Waals surface area contributed by atoms with Crippen molar-refractivity contribution in [2.45, 2.75) is 6.54 Å². The Kier molecular flexibility index (Phi) is 4.48. The van der Waals surface area contributed by atoms with Crippen LogP contribution in [0.2, 0.25) is 0 Å². The first kappa shape index (κ1) is 11.1. The predicted molar refractivity (Wildman–Crippen MR) is 60.5 cm³/mol. The highest BCUT2D eigenvalue weighted by atomic mass is 32.2. The molecular formula is C8H11N3OS2. The Bertz CT molecular complexity index is 310. The normalized spacial score (nSPS) is 9.71. The minimum absolute atomic E-state index is 0.0312. The maximum atomic E-state index is 11.2. The summed E-state index contributed by atoms with van der Waals surface area (Å²) < 4.78 is 0. The largest absolute Gasteiger partial charge is 0.379 e. The molecule has 1 aromatic heterocycles. The summed E-state index contributed by atoms with van der Waals surface area (Å²) in [5.74, 6) is 0.111. The molecule has 1 aromatic rings. The summed E-state index contributed by atoms with van der Waals surface area (Å²) in [4.78, 5) is 12.3. The van der Waals surface area contributed by atoms with Gasteiger partial charge >= 0.3 is 0 Å². The molecule has 4 nitrogen and oxygen atoms in total. The number of carbonyl (C=O) groups is 1. The van der Waals surface area contributed by atoms with Crippen molar-refractivity contribution in [3.8, 4) is 0 Å². The maximum Gasteiger partial charge on any atom is 0.230 e. The fourth-order valence-electron chi connectivity index (χ4n) is 0.793. The van der Waals surface area contributed by atoms with Crippen molar-refractivity contribution >= 4 is 34.2 Å². The molecule has 1 heterocycles. The molecule has 0 unspecified atom stereocenters. The zero-order valence-electron chi connectivity index (χ0n) is 7.45. The van der Waals surface area contributed by atoms with E-state index in [2.05, 4.69) is 5.32 Å². The number of amides is 1. The van der Waals surface area contributed by atoms with Crippen LogP contribution >= 0.6 is 23.1 Å². The molecule has 0 saturated heterocycles. The second-order valence-electron chi connectivity index (χ2n) is 2.51. The van der Waals surface area contributed by atoms with E-state index in [1.807, 2.05) is 17.5 Å². The van der Waals surface area contributed by atoms with Crippen molar-refractivity contribution in [2.75, 3.05) is 5.75 Å². The van der Waals surface area contributed by atoms with Crippen LogP contribution in [0.15, 0.2) is 17.5 Å². The SMILES string of the molecule is N=C(N)SCC(=O)NCc1cccs1. The van der Waals surface area contributed by atoms with Crippen LogP contribution in [0.4, 0.5) is 0 Å². The van der Waals surface area contributed by atoms with Crippen LogP contribution in [0.3, 0.4) is 0 Å². The standard InChI is InChI=1S/C8H11N3OS2/c9-8(10)14-5-7(12)11-4-6-2-1-3-13-6/h1-3H,4-5H2,(H3,9,10)(H,11,12). The molecule has 14 heavy (non-hydrogen) atoms. The highest BCUT2D eigenvalue weighted by Gasteiger charge is 2.02. The molecule has 1 rings (SSSR count). The number of carbonyl (C=O) groups excluding carboxylic acids is 1. The van der Waals surface area contributed by atoms with Gasteiger partial charge in [-0.05, 0) is 11.4 Å². The van der Waals surface area contributed by atoms with Gasteiger partial charge in [-0.1, -0.05) is 17.8 Å². The number of nitrogens with one attached hydrogen (secondary N) is 2. The van der Waals surface area contributed by atoms with E-state index in [4.69, 9.17) is 11.1 Å². The van der Waals surface area contributed by atoms with Crippen LogP contribution < -0.4 is 11.1 Å².